The fourth-order valence-corrected chi connectivity index (χ4v) is 4.92. The van der Waals surface area contributed by atoms with E-state index in [1.807, 2.05) is 47.8 Å². The van der Waals surface area contributed by atoms with Crippen molar-refractivity contribution in [3.8, 4) is 0 Å². The minimum absolute atomic E-state index is 0.330. The van der Waals surface area contributed by atoms with E-state index < -0.39 is 0 Å². The fraction of sp³-hybridized carbons (Fsp3) is 0.429. The highest BCUT2D eigenvalue weighted by Gasteiger charge is 2.28. The summed E-state index contributed by atoms with van der Waals surface area (Å²) >= 11 is 9.74. The molecule has 7 heteroatoms. The summed E-state index contributed by atoms with van der Waals surface area (Å²) in [6, 6.07) is 7.55. The normalized spacial score (nSPS) is 22.2. The first-order chi connectivity index (χ1) is 10.2. The van der Waals surface area contributed by atoms with Crippen LogP contribution in [0.4, 0.5) is 5.69 Å². The first kappa shape index (κ1) is 15.1. The van der Waals surface area contributed by atoms with Gasteiger partial charge in [-0.1, -0.05) is 23.7 Å². The van der Waals surface area contributed by atoms with Crippen LogP contribution >= 0.6 is 35.1 Å². The van der Waals surface area contributed by atoms with E-state index in [9.17, 15) is 0 Å². The summed E-state index contributed by atoms with van der Waals surface area (Å²) in [4.78, 5) is 4.52. The van der Waals surface area contributed by atoms with Crippen LogP contribution in [0.1, 0.15) is 23.9 Å². The monoisotopic (exact) mass is 341 g/mol. The van der Waals surface area contributed by atoms with Gasteiger partial charge < -0.3 is 9.84 Å². The molecule has 2 heterocycles. The smallest absolute Gasteiger partial charge is 0.245 e. The Bertz CT molecular complexity index is 590. The Hall–Kier alpha value is -0.850. The molecule has 2 atom stereocenters. The molecular formula is C14H16ClN3OS2. The molecule has 1 aliphatic rings. The van der Waals surface area contributed by atoms with Gasteiger partial charge in [0, 0.05) is 27.5 Å². The first-order valence-corrected chi connectivity index (χ1v) is 9.25. The highest BCUT2D eigenvalue weighted by Crippen LogP contribution is 2.41. The molecule has 0 amide bonds. The zero-order chi connectivity index (χ0) is 14.7. The van der Waals surface area contributed by atoms with Gasteiger partial charge in [0.2, 0.25) is 5.89 Å². The second-order valence-corrected chi connectivity index (χ2v) is 7.95. The Labute approximate surface area is 137 Å². The van der Waals surface area contributed by atoms with Gasteiger partial charge in [0.25, 0.3) is 0 Å². The molecule has 4 nitrogen and oxygen atoms in total. The Kier molecular flexibility index (Phi) is 4.98. The zero-order valence-corrected chi connectivity index (χ0v) is 14.0. The number of benzene rings is 1. The van der Waals surface area contributed by atoms with Crippen molar-refractivity contribution in [1.82, 2.24) is 10.1 Å². The van der Waals surface area contributed by atoms with Gasteiger partial charge in [-0.2, -0.15) is 16.7 Å². The summed E-state index contributed by atoms with van der Waals surface area (Å²) in [6.45, 7) is 2.75. The molecule has 1 N–H and O–H groups in total. The van der Waals surface area contributed by atoms with Crippen LogP contribution in [0.25, 0.3) is 0 Å². The van der Waals surface area contributed by atoms with Gasteiger partial charge in [0.05, 0.1) is 11.8 Å². The summed E-state index contributed by atoms with van der Waals surface area (Å²) in [5, 5.41) is 8.96. The number of nitrogens with one attached hydrogen (secondary N) is 1. The Morgan fingerprint density at radius 3 is 2.81 bits per heavy atom. The minimum Gasteiger partial charge on any atom is -0.376 e. The zero-order valence-electron chi connectivity index (χ0n) is 11.6. The summed E-state index contributed by atoms with van der Waals surface area (Å²) in [6.07, 6.45) is 0. The quantitative estimate of drug-likeness (QED) is 0.897. The maximum atomic E-state index is 5.86. The van der Waals surface area contributed by atoms with E-state index >= 15 is 0 Å². The van der Waals surface area contributed by atoms with Crippen LogP contribution in [-0.4, -0.2) is 26.9 Å². The topological polar surface area (TPSA) is 51.0 Å². The first-order valence-electron chi connectivity index (χ1n) is 6.77. The summed E-state index contributed by atoms with van der Waals surface area (Å²) < 4.78 is 5.34. The Morgan fingerprint density at radius 1 is 1.29 bits per heavy atom. The van der Waals surface area contributed by atoms with E-state index in [-0.39, 0.29) is 0 Å². The molecule has 0 bridgehead atoms. The van der Waals surface area contributed by atoms with Gasteiger partial charge in [-0.3, -0.25) is 0 Å². The van der Waals surface area contributed by atoms with Crippen LogP contribution in [-0.2, 0) is 6.54 Å². The average molecular weight is 342 g/mol. The molecule has 1 aromatic carbocycles. The van der Waals surface area contributed by atoms with E-state index in [2.05, 4.69) is 22.4 Å². The second kappa shape index (κ2) is 6.94. The van der Waals surface area contributed by atoms with Crippen LogP contribution in [0, 0.1) is 0 Å². The summed E-state index contributed by atoms with van der Waals surface area (Å²) in [5.41, 5.74) is 0.982. The number of thioether (sulfide) groups is 2. The predicted molar refractivity (Wildman–Crippen MR) is 90.2 cm³/mol. The van der Waals surface area contributed by atoms with Crippen molar-refractivity contribution >= 4 is 40.8 Å². The lowest BCUT2D eigenvalue weighted by molar-refractivity contribution is 0.377. The third-order valence-electron chi connectivity index (χ3n) is 3.21. The number of aromatic nitrogens is 2. The predicted octanol–water partition coefficient (Wildman–Crippen LogP) is 4.24. The van der Waals surface area contributed by atoms with Crippen LogP contribution < -0.4 is 5.32 Å². The third kappa shape index (κ3) is 3.87. The molecule has 21 heavy (non-hydrogen) atoms. The van der Waals surface area contributed by atoms with Crippen molar-refractivity contribution in [2.45, 2.75) is 24.0 Å². The summed E-state index contributed by atoms with van der Waals surface area (Å²) in [7, 11) is 0. The Morgan fingerprint density at radius 2 is 2.05 bits per heavy atom. The fourth-order valence-electron chi connectivity index (χ4n) is 2.12. The van der Waals surface area contributed by atoms with E-state index in [1.54, 1.807) is 0 Å². The lowest BCUT2D eigenvalue weighted by Gasteiger charge is -2.24. The molecule has 0 saturated carbocycles. The molecule has 2 aromatic rings. The van der Waals surface area contributed by atoms with Crippen molar-refractivity contribution in [2.24, 2.45) is 0 Å². The number of rotatable bonds is 4. The minimum atomic E-state index is 0.330. The lowest BCUT2D eigenvalue weighted by Crippen LogP contribution is -2.17. The van der Waals surface area contributed by atoms with Crippen LogP contribution in [0.3, 0.4) is 0 Å². The standard InChI is InChI=1S/C14H16ClN3OS2/c1-9-13(21-7-6-20-9)14-17-12(19-18-14)8-16-11-4-2-10(15)3-5-11/h2-5,9,13,16H,6-8H2,1H3. The van der Waals surface area contributed by atoms with Crippen molar-refractivity contribution in [3.63, 3.8) is 0 Å². The van der Waals surface area contributed by atoms with E-state index in [0.29, 0.717) is 22.9 Å². The van der Waals surface area contributed by atoms with Crippen molar-refractivity contribution in [1.29, 1.82) is 0 Å². The molecular weight excluding hydrogens is 326 g/mol. The number of hydrogen-bond donors (Lipinski definition) is 1. The number of nitrogens with zero attached hydrogens (tertiary/aromatic N) is 2. The van der Waals surface area contributed by atoms with Gasteiger partial charge in [0.1, 0.15) is 0 Å². The average Bonchev–Trinajstić information content (AvgIpc) is 2.96. The highest BCUT2D eigenvalue weighted by atomic mass is 35.5. The number of anilines is 1. The van der Waals surface area contributed by atoms with E-state index in [4.69, 9.17) is 16.1 Å². The van der Waals surface area contributed by atoms with Crippen molar-refractivity contribution in [2.75, 3.05) is 16.8 Å². The molecule has 1 aliphatic heterocycles. The SMILES string of the molecule is CC1SCCSC1c1noc(CNc2ccc(Cl)cc2)n1. The van der Waals surface area contributed by atoms with Crippen LogP contribution in [0.15, 0.2) is 28.8 Å². The third-order valence-corrected chi connectivity index (χ3v) is 6.55. The molecule has 112 valence electrons. The highest BCUT2D eigenvalue weighted by molar-refractivity contribution is 8.06. The van der Waals surface area contributed by atoms with Gasteiger partial charge in [-0.25, -0.2) is 0 Å². The maximum Gasteiger partial charge on any atom is 0.245 e. The second-order valence-electron chi connectivity index (χ2n) is 4.77. The number of halogens is 1. The largest absolute Gasteiger partial charge is 0.376 e. The van der Waals surface area contributed by atoms with Gasteiger partial charge in [0.15, 0.2) is 5.82 Å². The van der Waals surface area contributed by atoms with Gasteiger partial charge >= 0.3 is 0 Å². The Balaban J connectivity index is 1.61. The van der Waals surface area contributed by atoms with Gasteiger partial charge in [-0.15, -0.1) is 11.8 Å². The molecule has 2 unspecified atom stereocenters. The molecule has 0 spiro atoms. The molecule has 3 rings (SSSR count). The van der Waals surface area contributed by atoms with E-state index in [1.165, 1.54) is 5.75 Å². The van der Waals surface area contributed by atoms with Gasteiger partial charge in [-0.05, 0) is 24.3 Å². The summed E-state index contributed by atoms with van der Waals surface area (Å²) in [5.74, 6) is 3.77. The van der Waals surface area contributed by atoms with Crippen molar-refractivity contribution < 1.29 is 4.52 Å². The lowest BCUT2D eigenvalue weighted by atomic mass is 10.3. The van der Waals surface area contributed by atoms with Crippen molar-refractivity contribution in [3.05, 3.63) is 41.0 Å². The molecule has 1 aromatic heterocycles. The molecule has 0 radical (unpaired) electrons. The number of hydrogen-bond acceptors (Lipinski definition) is 6. The van der Waals surface area contributed by atoms with E-state index in [0.717, 1.165) is 22.3 Å². The van der Waals surface area contributed by atoms with Crippen LogP contribution in [0.2, 0.25) is 5.02 Å². The maximum absolute atomic E-state index is 5.86. The molecule has 0 aliphatic carbocycles. The molecule has 1 saturated heterocycles. The molecule has 1 fully saturated rings. The van der Waals surface area contributed by atoms with Crippen LogP contribution in [0.5, 0.6) is 0 Å².